The first kappa shape index (κ1) is 44.9. The first-order valence-electron chi connectivity index (χ1n) is 0.471. The van der Waals surface area contributed by atoms with Crippen LogP contribution in [0, 0.1) is 0 Å². The van der Waals surface area contributed by atoms with E-state index in [1.54, 1.807) is 0 Å². The van der Waals surface area contributed by atoms with Crippen LogP contribution < -0.4 is 37.7 Å². The van der Waals surface area contributed by atoms with Crippen LogP contribution in [0.2, 0.25) is 0 Å². The van der Waals surface area contributed by atoms with Gasteiger partial charge in [-0.1, -0.05) is 0 Å². The Morgan fingerprint density at radius 1 is 0.714 bits per heavy atom. The minimum absolute atomic E-state index is 0. The fourth-order valence-corrected chi connectivity index (χ4v) is 0. The zero-order chi connectivity index (χ0) is 4.00. The van der Waals surface area contributed by atoms with Crippen molar-refractivity contribution in [2.24, 2.45) is 0 Å². The van der Waals surface area contributed by atoms with Crippen molar-refractivity contribution in [3.05, 3.63) is 0 Å². The molecule has 0 aromatic carbocycles. The average Bonchev–Trinajstić information content (AvgIpc) is 1.50. The van der Waals surface area contributed by atoms with Crippen molar-refractivity contribution in [3.8, 4) is 0 Å². The van der Waals surface area contributed by atoms with Gasteiger partial charge in [-0.05, 0) is 0 Å². The molecule has 7 heavy (non-hydrogen) atoms. The molecule has 0 rings (SSSR count). The zero-order valence-electron chi connectivity index (χ0n) is 4.38. The monoisotopic (exact) mass is 84.0 g/mol. The van der Waals surface area contributed by atoms with E-state index in [1.165, 1.54) is 0 Å². The summed E-state index contributed by atoms with van der Waals surface area (Å²) in [5.74, 6) is 0. The summed E-state index contributed by atoms with van der Waals surface area (Å²) in [5.41, 5.74) is 0. The van der Waals surface area contributed by atoms with Gasteiger partial charge >= 0.3 is 62.6 Å². The van der Waals surface area contributed by atoms with Crippen molar-refractivity contribution in [1.29, 1.82) is 0 Å². The second kappa shape index (κ2) is 305. The third kappa shape index (κ3) is 210. The minimum Gasteiger partial charge on any atom is -2.00 e. The van der Waals surface area contributed by atoms with Gasteiger partial charge in [0.25, 0.3) is 0 Å². The predicted molar refractivity (Wildman–Crippen MR) is 13.6 cm³/mol. The van der Waals surface area contributed by atoms with Crippen LogP contribution in [0.1, 0.15) is 0 Å². The maximum absolute atomic E-state index is 7.75. The summed E-state index contributed by atoms with van der Waals surface area (Å²) in [4.78, 5) is 0. The van der Waals surface area contributed by atoms with Gasteiger partial charge in [0.1, 0.15) is 0 Å². The van der Waals surface area contributed by atoms with E-state index in [-0.39, 0.29) is 43.2 Å². The molecule has 0 aromatic heterocycles. The quantitative estimate of drug-likeness (QED) is 0.273. The Balaban J connectivity index is -0.00000000267. The van der Waals surface area contributed by atoms with Crippen molar-refractivity contribution in [1.82, 2.24) is 0 Å². The van der Waals surface area contributed by atoms with E-state index in [9.17, 15) is 0 Å². The molecule has 0 fully saturated rings. The number of hydrogen-bond acceptors (Lipinski definition) is 2. The van der Waals surface area contributed by atoms with Crippen LogP contribution in [-0.4, -0.2) is 15.4 Å². The molecule has 3 nitrogen and oxygen atoms in total. The summed E-state index contributed by atoms with van der Waals surface area (Å²) in [7, 11) is 6.50. The Bertz CT molecular complexity index is 12.9. The molecule has 0 bridgehead atoms. The predicted octanol–water partition coefficient (Wildman–Crippen LogP) is -7.11. The molecule has 0 heterocycles. The maximum atomic E-state index is 7.75. The zero-order valence-corrected chi connectivity index (χ0v) is 4.38. The van der Waals surface area contributed by atoms with Gasteiger partial charge in [0.2, 0.25) is 0 Å². The number of rotatable bonds is 0. The normalized spacial score (nSPS) is 0.857. The molecule has 0 aliphatic heterocycles. The molecule has 2 radical (unpaired) electrons. The fourth-order valence-electron chi connectivity index (χ4n) is 0. The molecule has 0 atom stereocenters. The average molecular weight is 83.5 g/mol. The first-order chi connectivity index (χ1) is 2.00. The van der Waals surface area contributed by atoms with Crippen molar-refractivity contribution >= 4 is 15.4 Å². The summed E-state index contributed by atoms with van der Waals surface area (Å²) in [6, 6.07) is 0. The van der Waals surface area contributed by atoms with Crippen LogP contribution in [0.4, 0.5) is 0 Å². The second-order valence-corrected chi connectivity index (χ2v) is 0. The molecular formula is B2Li2O3. The largest absolute Gasteiger partial charge is 2.00 e. The summed E-state index contributed by atoms with van der Waals surface area (Å²) in [6.45, 7) is 0. The van der Waals surface area contributed by atoms with E-state index in [0.717, 1.165) is 0 Å². The third-order valence-electron chi connectivity index (χ3n) is 0. The molecule has 0 saturated heterocycles. The van der Waals surface area contributed by atoms with Gasteiger partial charge in [-0.15, -0.1) is 0 Å². The van der Waals surface area contributed by atoms with E-state index in [4.69, 9.17) is 9.41 Å². The van der Waals surface area contributed by atoms with Crippen LogP contribution in [0.25, 0.3) is 0 Å². The van der Waals surface area contributed by atoms with Crippen LogP contribution in [0.5, 0.6) is 0 Å². The minimum atomic E-state index is 0. The van der Waals surface area contributed by atoms with Crippen LogP contribution in [0.3, 0.4) is 0 Å². The Hall–Kier alpha value is 0.885. The Labute approximate surface area is 68.1 Å². The Morgan fingerprint density at radius 2 is 0.714 bits per heavy atom. The molecule has 0 N–H and O–H groups in total. The van der Waals surface area contributed by atoms with Gasteiger partial charge in [0.15, 0.2) is 0 Å². The molecular weight excluding hydrogens is 83.5 g/mol. The van der Waals surface area contributed by atoms with Crippen LogP contribution in [0.15, 0.2) is 0 Å². The standard InChI is InChI=1S/2BO.2Li.O/c2*1-2;;;/q;;2*+1;-2. The summed E-state index contributed by atoms with van der Waals surface area (Å²) in [6.07, 6.45) is 0. The molecule has 26 valence electrons. The van der Waals surface area contributed by atoms with Gasteiger partial charge in [-0.25, -0.2) is 0 Å². The third-order valence-corrected chi connectivity index (χ3v) is 0. The molecule has 0 aliphatic carbocycles. The molecule has 0 spiro atoms. The molecule has 7 heteroatoms. The summed E-state index contributed by atoms with van der Waals surface area (Å²) < 4.78 is 15.5. The summed E-state index contributed by atoms with van der Waals surface area (Å²) in [5, 5.41) is 0. The van der Waals surface area contributed by atoms with Crippen molar-refractivity contribution < 1.29 is 52.6 Å². The van der Waals surface area contributed by atoms with Crippen LogP contribution in [-0.2, 0) is 14.9 Å². The molecule has 0 saturated carbocycles. The van der Waals surface area contributed by atoms with E-state index in [1.807, 2.05) is 0 Å². The molecule has 0 aromatic rings. The Kier molecular flexibility index (Phi) is 1950. The molecule has 0 aliphatic rings. The van der Waals surface area contributed by atoms with E-state index in [0.29, 0.717) is 0 Å². The molecule has 0 amide bonds. The Morgan fingerprint density at radius 3 is 0.714 bits per heavy atom. The van der Waals surface area contributed by atoms with Gasteiger partial charge in [0.05, 0.1) is 0 Å². The van der Waals surface area contributed by atoms with Gasteiger partial charge in [0, 0.05) is 0 Å². The fraction of sp³-hybridized carbons (Fsp3) is 0. The summed E-state index contributed by atoms with van der Waals surface area (Å²) >= 11 is 0. The van der Waals surface area contributed by atoms with E-state index < -0.39 is 0 Å². The van der Waals surface area contributed by atoms with E-state index in [2.05, 4.69) is 15.4 Å². The number of hydrogen-bond donors (Lipinski definition) is 0. The van der Waals surface area contributed by atoms with Gasteiger partial charge < -0.3 is 5.48 Å². The second-order valence-electron chi connectivity index (χ2n) is 0. The SMILES string of the molecule is [B]=O.[B]=O.[Li+].[Li+].[O-2]. The molecule has 0 unspecified atom stereocenters. The van der Waals surface area contributed by atoms with Crippen molar-refractivity contribution in [2.45, 2.75) is 0 Å². The van der Waals surface area contributed by atoms with Gasteiger partial charge in [-0.2, -0.15) is 0 Å². The van der Waals surface area contributed by atoms with Crippen molar-refractivity contribution in [2.75, 3.05) is 0 Å². The van der Waals surface area contributed by atoms with Crippen molar-refractivity contribution in [3.63, 3.8) is 0 Å². The van der Waals surface area contributed by atoms with Gasteiger partial charge in [-0.3, -0.25) is 0 Å². The first-order valence-corrected chi connectivity index (χ1v) is 0.471. The smallest absolute Gasteiger partial charge is 1.00 e. The maximum Gasteiger partial charge on any atom is 1.00 e. The van der Waals surface area contributed by atoms with Crippen LogP contribution >= 0.6 is 0 Å². The topological polar surface area (TPSA) is 62.6 Å². The van der Waals surface area contributed by atoms with E-state index >= 15 is 0 Å².